The Hall–Kier alpha value is -5.71. The molecule has 0 spiro atoms. The van der Waals surface area contributed by atoms with Crippen LogP contribution in [0.25, 0.3) is 56.4 Å². The highest BCUT2D eigenvalue weighted by molar-refractivity contribution is 6.11. The van der Waals surface area contributed by atoms with Crippen molar-refractivity contribution in [2.45, 2.75) is 6.42 Å². The van der Waals surface area contributed by atoms with Gasteiger partial charge in [0, 0.05) is 18.3 Å². The summed E-state index contributed by atoms with van der Waals surface area (Å²) >= 11 is 0. The Balaban J connectivity index is 1.61. The largest absolute Gasteiger partial charge is 0.320 e. The fourth-order valence-electron chi connectivity index (χ4n) is 5.26. The zero-order valence-electron chi connectivity index (χ0n) is 22.6. The molecule has 4 aromatic carbocycles. The number of nitrogens with zero attached hydrogens (tertiary/aromatic N) is 3. The Bertz CT molecular complexity index is 1850. The number of allylic oxidation sites excluding steroid dienone is 1. The van der Waals surface area contributed by atoms with E-state index in [0.29, 0.717) is 17.8 Å². The maximum absolute atomic E-state index is 9.53. The smallest absolute Gasteiger partial charge is 0.176 e. The van der Waals surface area contributed by atoms with E-state index in [0.717, 1.165) is 56.1 Å². The number of pyridine rings is 1. The van der Waals surface area contributed by atoms with E-state index in [-0.39, 0.29) is 0 Å². The van der Waals surface area contributed by atoms with Gasteiger partial charge in [0.2, 0.25) is 0 Å². The molecule has 0 unspecified atom stereocenters. The molecule has 0 amide bonds. The van der Waals surface area contributed by atoms with Crippen molar-refractivity contribution in [3.8, 4) is 45.8 Å². The van der Waals surface area contributed by atoms with Gasteiger partial charge < -0.3 is 5.32 Å². The SMILES string of the molecule is C=Cc1c(C=C)c(-c2ccc(-c3ncccc3C#N)cc2)c2ccccc2c1-c1ccc(C/C=C\CNC#N)cc1. The highest BCUT2D eigenvalue weighted by Gasteiger charge is 2.19. The van der Waals surface area contributed by atoms with Crippen LogP contribution in [0.4, 0.5) is 0 Å². The summed E-state index contributed by atoms with van der Waals surface area (Å²) in [6.07, 6.45) is 12.3. The molecule has 1 N–H and O–H groups in total. The van der Waals surface area contributed by atoms with E-state index in [1.54, 1.807) is 18.3 Å². The standard InChI is InChI=1S/C37H28N4/c1-3-31-32(4-2)36(28-18-20-29(21-19-28)37-30(24-38)11-9-23-41-37)34-13-6-5-12-33(34)35(31)27-16-14-26(15-17-27)10-7-8-22-40-25-39/h3-9,11-21,23,40H,1-2,10,22H2/b8-7-. The zero-order chi connectivity index (χ0) is 28.6. The minimum atomic E-state index is 0.534. The normalized spacial score (nSPS) is 10.7. The van der Waals surface area contributed by atoms with E-state index in [4.69, 9.17) is 5.26 Å². The van der Waals surface area contributed by atoms with Crippen molar-refractivity contribution in [1.82, 2.24) is 10.3 Å². The molecule has 1 aromatic heterocycles. The molecule has 0 aliphatic rings. The predicted molar refractivity (Wildman–Crippen MR) is 169 cm³/mol. The summed E-state index contributed by atoms with van der Waals surface area (Å²) in [6, 6.07) is 31.1. The van der Waals surface area contributed by atoms with Crippen molar-refractivity contribution in [2.75, 3.05) is 6.54 Å². The monoisotopic (exact) mass is 528 g/mol. The molecule has 41 heavy (non-hydrogen) atoms. The molecule has 5 rings (SSSR count). The Morgan fingerprint density at radius 1 is 0.707 bits per heavy atom. The molecule has 0 radical (unpaired) electrons. The zero-order valence-corrected chi connectivity index (χ0v) is 22.6. The van der Waals surface area contributed by atoms with E-state index < -0.39 is 0 Å². The lowest BCUT2D eigenvalue weighted by Crippen LogP contribution is -2.03. The van der Waals surface area contributed by atoms with Crippen molar-refractivity contribution in [2.24, 2.45) is 0 Å². The fraction of sp³-hybridized carbons (Fsp3) is 0.0541. The number of hydrogen-bond acceptors (Lipinski definition) is 4. The molecule has 5 aromatic rings. The maximum Gasteiger partial charge on any atom is 0.176 e. The number of aromatic nitrogens is 1. The topological polar surface area (TPSA) is 72.5 Å². The molecule has 0 saturated heterocycles. The third-order valence-electron chi connectivity index (χ3n) is 7.14. The summed E-state index contributed by atoms with van der Waals surface area (Å²) < 4.78 is 0. The van der Waals surface area contributed by atoms with Crippen LogP contribution in [0, 0.1) is 22.8 Å². The van der Waals surface area contributed by atoms with Gasteiger partial charge >= 0.3 is 0 Å². The lowest BCUT2D eigenvalue weighted by Gasteiger charge is -2.20. The molecule has 0 aliphatic carbocycles. The fourth-order valence-corrected chi connectivity index (χ4v) is 5.26. The number of hydrogen-bond donors (Lipinski definition) is 1. The summed E-state index contributed by atoms with van der Waals surface area (Å²) in [5.74, 6) is 0. The van der Waals surface area contributed by atoms with Gasteiger partial charge in [0.1, 0.15) is 6.07 Å². The average Bonchev–Trinajstić information content (AvgIpc) is 3.04. The van der Waals surface area contributed by atoms with Crippen LogP contribution in [0.1, 0.15) is 22.3 Å². The van der Waals surface area contributed by atoms with Crippen LogP contribution in [-0.4, -0.2) is 11.5 Å². The Morgan fingerprint density at radius 2 is 1.29 bits per heavy atom. The Morgan fingerprint density at radius 3 is 1.85 bits per heavy atom. The third kappa shape index (κ3) is 5.41. The second kappa shape index (κ2) is 12.4. The first-order valence-corrected chi connectivity index (χ1v) is 13.4. The first kappa shape index (κ1) is 26.9. The lowest BCUT2D eigenvalue weighted by atomic mass is 9.83. The first-order chi connectivity index (χ1) is 20.2. The molecule has 0 aliphatic heterocycles. The number of fused-ring (bicyclic) bond motifs is 1. The molecule has 4 heteroatoms. The third-order valence-corrected chi connectivity index (χ3v) is 7.14. The number of nitrogens with one attached hydrogen (secondary N) is 1. The van der Waals surface area contributed by atoms with Crippen LogP contribution in [0.3, 0.4) is 0 Å². The molecular formula is C37H28N4. The maximum atomic E-state index is 9.53. The van der Waals surface area contributed by atoms with Crippen LogP contribution >= 0.6 is 0 Å². The molecule has 0 saturated carbocycles. The number of benzene rings is 4. The van der Waals surface area contributed by atoms with E-state index in [1.165, 1.54) is 5.56 Å². The van der Waals surface area contributed by atoms with Crippen LogP contribution in [-0.2, 0) is 6.42 Å². The van der Waals surface area contributed by atoms with Crippen LogP contribution in [0.15, 0.2) is 116 Å². The molecule has 4 nitrogen and oxygen atoms in total. The van der Waals surface area contributed by atoms with Crippen LogP contribution in [0.2, 0.25) is 0 Å². The van der Waals surface area contributed by atoms with Gasteiger partial charge in [0.05, 0.1) is 11.3 Å². The Kier molecular flexibility index (Phi) is 8.15. The number of rotatable bonds is 9. The molecular weight excluding hydrogens is 500 g/mol. The Labute approximate surface area is 240 Å². The van der Waals surface area contributed by atoms with Gasteiger partial charge in [0.15, 0.2) is 6.19 Å². The lowest BCUT2D eigenvalue weighted by molar-refractivity contribution is 0.995. The second-order valence-electron chi connectivity index (χ2n) is 9.49. The van der Waals surface area contributed by atoms with E-state index >= 15 is 0 Å². The molecule has 0 bridgehead atoms. The van der Waals surface area contributed by atoms with Crippen molar-refractivity contribution >= 4 is 22.9 Å². The molecule has 1 heterocycles. The van der Waals surface area contributed by atoms with Crippen molar-refractivity contribution in [3.63, 3.8) is 0 Å². The van der Waals surface area contributed by atoms with E-state index in [9.17, 15) is 5.26 Å². The van der Waals surface area contributed by atoms with Gasteiger partial charge in [-0.05, 0) is 68.3 Å². The first-order valence-electron chi connectivity index (χ1n) is 13.4. The molecule has 0 atom stereocenters. The molecule has 0 fully saturated rings. The van der Waals surface area contributed by atoms with E-state index in [1.807, 2.05) is 36.6 Å². The predicted octanol–water partition coefficient (Wildman–Crippen LogP) is 8.56. The van der Waals surface area contributed by atoms with E-state index in [2.05, 4.69) is 96.3 Å². The minimum Gasteiger partial charge on any atom is -0.320 e. The van der Waals surface area contributed by atoms with Gasteiger partial charge in [-0.3, -0.25) is 4.98 Å². The summed E-state index contributed by atoms with van der Waals surface area (Å²) in [7, 11) is 0. The van der Waals surface area contributed by atoms with Gasteiger partial charge in [-0.1, -0.05) is 110 Å². The number of nitriles is 2. The van der Waals surface area contributed by atoms with Gasteiger partial charge in [-0.15, -0.1) is 0 Å². The summed E-state index contributed by atoms with van der Waals surface area (Å²) in [4.78, 5) is 4.44. The highest BCUT2D eigenvalue weighted by atomic mass is 14.8. The van der Waals surface area contributed by atoms with Crippen LogP contribution < -0.4 is 5.32 Å². The quantitative estimate of drug-likeness (QED) is 0.0900. The molecule has 196 valence electrons. The van der Waals surface area contributed by atoms with Gasteiger partial charge in [-0.25, -0.2) is 0 Å². The van der Waals surface area contributed by atoms with Gasteiger partial charge in [-0.2, -0.15) is 10.5 Å². The van der Waals surface area contributed by atoms with Crippen molar-refractivity contribution in [1.29, 1.82) is 10.5 Å². The van der Waals surface area contributed by atoms with Crippen LogP contribution in [0.5, 0.6) is 0 Å². The van der Waals surface area contributed by atoms with Crippen molar-refractivity contribution < 1.29 is 0 Å². The average molecular weight is 529 g/mol. The van der Waals surface area contributed by atoms with Gasteiger partial charge in [0.25, 0.3) is 0 Å². The minimum absolute atomic E-state index is 0.534. The highest BCUT2D eigenvalue weighted by Crippen LogP contribution is 2.43. The summed E-state index contributed by atoms with van der Waals surface area (Å²) in [5, 5.41) is 23.0. The summed E-state index contributed by atoms with van der Waals surface area (Å²) in [6.45, 7) is 8.93. The summed E-state index contributed by atoms with van der Waals surface area (Å²) in [5.41, 5.74) is 9.75. The second-order valence-corrected chi connectivity index (χ2v) is 9.49. The van der Waals surface area contributed by atoms with Crippen molar-refractivity contribution in [3.05, 3.63) is 139 Å².